The van der Waals surface area contributed by atoms with Crippen LogP contribution >= 0.6 is 22.6 Å². The molecule has 0 aromatic carbocycles. The molecule has 1 aliphatic heterocycles. The lowest BCUT2D eigenvalue weighted by Crippen LogP contribution is -2.31. The SMILES string of the molecule is C=C(I)C1NC(=O)OC1CCCCCCC. The fraction of sp³-hybridized carbons (Fsp3) is 0.750. The quantitative estimate of drug-likeness (QED) is 0.567. The van der Waals surface area contributed by atoms with Crippen molar-refractivity contribution < 1.29 is 9.53 Å². The van der Waals surface area contributed by atoms with Crippen LogP contribution in [-0.2, 0) is 4.74 Å². The van der Waals surface area contributed by atoms with Crippen LogP contribution in [0.1, 0.15) is 45.4 Å². The average Bonchev–Trinajstić information content (AvgIpc) is 2.59. The van der Waals surface area contributed by atoms with Crippen molar-refractivity contribution in [1.29, 1.82) is 0 Å². The molecule has 1 aliphatic rings. The molecule has 0 spiro atoms. The van der Waals surface area contributed by atoms with E-state index in [1.54, 1.807) is 0 Å². The molecule has 4 heteroatoms. The molecule has 2 atom stereocenters. The largest absolute Gasteiger partial charge is 0.444 e. The van der Waals surface area contributed by atoms with Crippen molar-refractivity contribution in [3.05, 3.63) is 10.2 Å². The maximum absolute atomic E-state index is 11.1. The molecule has 1 amide bonds. The first kappa shape index (κ1) is 13.8. The summed E-state index contributed by atoms with van der Waals surface area (Å²) >= 11 is 2.15. The van der Waals surface area contributed by atoms with E-state index in [2.05, 4.69) is 41.4 Å². The van der Waals surface area contributed by atoms with E-state index in [1.165, 1.54) is 25.7 Å². The summed E-state index contributed by atoms with van der Waals surface area (Å²) < 4.78 is 6.17. The molecule has 1 fully saturated rings. The molecule has 0 aliphatic carbocycles. The number of rotatable bonds is 7. The number of nitrogens with one attached hydrogen (secondary N) is 1. The maximum atomic E-state index is 11.1. The fourth-order valence-corrected chi connectivity index (χ4v) is 2.47. The molecule has 92 valence electrons. The molecule has 1 rings (SSSR count). The van der Waals surface area contributed by atoms with Gasteiger partial charge in [-0.25, -0.2) is 4.79 Å². The monoisotopic (exact) mass is 337 g/mol. The maximum Gasteiger partial charge on any atom is 0.408 e. The highest BCUT2D eigenvalue weighted by molar-refractivity contribution is 14.1. The van der Waals surface area contributed by atoms with Gasteiger partial charge in [0.05, 0.1) is 6.04 Å². The second-order valence-electron chi connectivity index (χ2n) is 4.22. The molecule has 1 saturated heterocycles. The van der Waals surface area contributed by atoms with Crippen LogP contribution in [0.2, 0.25) is 0 Å². The molecule has 1 N–H and O–H groups in total. The highest BCUT2D eigenvalue weighted by atomic mass is 127. The number of halogens is 1. The summed E-state index contributed by atoms with van der Waals surface area (Å²) in [6.45, 7) is 6.08. The van der Waals surface area contributed by atoms with Crippen molar-refractivity contribution in [3.8, 4) is 0 Å². The lowest BCUT2D eigenvalue weighted by atomic mass is 10.0. The second kappa shape index (κ2) is 7.14. The topological polar surface area (TPSA) is 38.3 Å². The van der Waals surface area contributed by atoms with Crippen LogP contribution in [0, 0.1) is 0 Å². The van der Waals surface area contributed by atoms with Gasteiger partial charge in [0.2, 0.25) is 0 Å². The normalized spacial score (nSPS) is 24.0. The van der Waals surface area contributed by atoms with Crippen LogP contribution < -0.4 is 5.32 Å². The third-order valence-corrected chi connectivity index (χ3v) is 3.50. The summed E-state index contributed by atoms with van der Waals surface area (Å²) in [5.74, 6) is 0. The second-order valence-corrected chi connectivity index (χ2v) is 5.60. The van der Waals surface area contributed by atoms with Gasteiger partial charge in [-0.15, -0.1) is 0 Å². The Hall–Kier alpha value is -0.260. The summed E-state index contributed by atoms with van der Waals surface area (Å²) in [7, 11) is 0. The van der Waals surface area contributed by atoms with Gasteiger partial charge in [-0.05, 0) is 35.4 Å². The number of hydrogen-bond donors (Lipinski definition) is 1. The Bertz CT molecular complexity index is 255. The van der Waals surface area contributed by atoms with E-state index in [-0.39, 0.29) is 18.2 Å². The summed E-state index contributed by atoms with van der Waals surface area (Å²) in [6, 6.07) is -0.000671. The standard InChI is InChI=1S/C12H20INO2/c1-3-4-5-6-7-8-10-11(9(2)13)14-12(15)16-10/h10-11H,2-8H2,1H3,(H,14,15). The Labute approximate surface area is 111 Å². The Morgan fingerprint density at radius 3 is 2.75 bits per heavy atom. The zero-order valence-electron chi connectivity index (χ0n) is 9.80. The van der Waals surface area contributed by atoms with Crippen LogP contribution in [0.3, 0.4) is 0 Å². The predicted octanol–water partition coefficient (Wildman–Crippen LogP) is 3.77. The number of ether oxygens (including phenoxy) is 1. The first-order valence-corrected chi connectivity index (χ1v) is 7.04. The van der Waals surface area contributed by atoms with Crippen LogP contribution in [0.4, 0.5) is 4.79 Å². The third kappa shape index (κ3) is 4.31. The first-order valence-electron chi connectivity index (χ1n) is 5.96. The third-order valence-electron chi connectivity index (χ3n) is 2.83. The minimum atomic E-state index is -0.304. The van der Waals surface area contributed by atoms with Gasteiger partial charge in [0.1, 0.15) is 6.10 Å². The van der Waals surface area contributed by atoms with Crippen molar-refractivity contribution in [2.24, 2.45) is 0 Å². The molecular formula is C12H20INO2. The van der Waals surface area contributed by atoms with Crippen molar-refractivity contribution in [2.75, 3.05) is 0 Å². The van der Waals surface area contributed by atoms with Crippen molar-refractivity contribution in [3.63, 3.8) is 0 Å². The van der Waals surface area contributed by atoms with Gasteiger partial charge < -0.3 is 10.1 Å². The number of unbranched alkanes of at least 4 members (excludes halogenated alkanes) is 4. The van der Waals surface area contributed by atoms with Gasteiger partial charge in [-0.3, -0.25) is 0 Å². The average molecular weight is 337 g/mol. The van der Waals surface area contributed by atoms with E-state index in [0.717, 1.165) is 16.4 Å². The fourth-order valence-electron chi connectivity index (χ4n) is 1.91. The number of hydrogen-bond acceptors (Lipinski definition) is 2. The smallest absolute Gasteiger partial charge is 0.408 e. The molecule has 0 bridgehead atoms. The van der Waals surface area contributed by atoms with E-state index in [9.17, 15) is 4.79 Å². The van der Waals surface area contributed by atoms with Crippen LogP contribution in [0.5, 0.6) is 0 Å². The van der Waals surface area contributed by atoms with Gasteiger partial charge in [-0.2, -0.15) is 0 Å². The van der Waals surface area contributed by atoms with Gasteiger partial charge in [0.25, 0.3) is 0 Å². The zero-order valence-corrected chi connectivity index (χ0v) is 12.0. The lowest BCUT2D eigenvalue weighted by molar-refractivity contribution is 0.128. The highest BCUT2D eigenvalue weighted by Gasteiger charge is 2.34. The first-order chi connectivity index (χ1) is 7.65. The van der Waals surface area contributed by atoms with Gasteiger partial charge in [0, 0.05) is 3.58 Å². The van der Waals surface area contributed by atoms with E-state index in [0.29, 0.717) is 0 Å². The molecule has 0 aromatic heterocycles. The van der Waals surface area contributed by atoms with E-state index in [4.69, 9.17) is 4.74 Å². The molecule has 3 nitrogen and oxygen atoms in total. The van der Waals surface area contributed by atoms with Crippen LogP contribution in [0.15, 0.2) is 10.2 Å². The summed E-state index contributed by atoms with van der Waals surface area (Å²) in [6.07, 6.45) is 6.80. The van der Waals surface area contributed by atoms with E-state index in [1.807, 2.05) is 0 Å². The summed E-state index contributed by atoms with van der Waals surface area (Å²) in [5.41, 5.74) is 0. The van der Waals surface area contributed by atoms with Crippen LogP contribution in [-0.4, -0.2) is 18.2 Å². The van der Waals surface area contributed by atoms with E-state index < -0.39 is 0 Å². The molecule has 0 aromatic rings. The van der Waals surface area contributed by atoms with Gasteiger partial charge in [-0.1, -0.05) is 39.2 Å². The van der Waals surface area contributed by atoms with Crippen molar-refractivity contribution in [2.45, 2.75) is 57.6 Å². The minimum Gasteiger partial charge on any atom is -0.444 e. The number of carbonyl (C=O) groups excluding carboxylic acids is 1. The van der Waals surface area contributed by atoms with Gasteiger partial charge in [0.15, 0.2) is 0 Å². The zero-order chi connectivity index (χ0) is 12.0. The minimum absolute atomic E-state index is 0.000671. The molecule has 2 unspecified atom stereocenters. The summed E-state index contributed by atoms with van der Waals surface area (Å²) in [4.78, 5) is 11.1. The Morgan fingerprint density at radius 1 is 1.44 bits per heavy atom. The number of cyclic esters (lactones) is 1. The highest BCUT2D eigenvalue weighted by Crippen LogP contribution is 2.24. The number of amides is 1. The predicted molar refractivity (Wildman–Crippen MR) is 73.7 cm³/mol. The Kier molecular flexibility index (Phi) is 6.16. The van der Waals surface area contributed by atoms with E-state index >= 15 is 0 Å². The van der Waals surface area contributed by atoms with Crippen molar-refractivity contribution in [1.82, 2.24) is 5.32 Å². The Balaban J connectivity index is 2.24. The summed E-state index contributed by atoms with van der Waals surface area (Å²) in [5, 5.41) is 2.79. The molecule has 16 heavy (non-hydrogen) atoms. The van der Waals surface area contributed by atoms with Crippen LogP contribution in [0.25, 0.3) is 0 Å². The Morgan fingerprint density at radius 2 is 2.12 bits per heavy atom. The number of carbonyl (C=O) groups is 1. The van der Waals surface area contributed by atoms with Crippen molar-refractivity contribution >= 4 is 28.7 Å². The molecule has 0 radical (unpaired) electrons. The van der Waals surface area contributed by atoms with Gasteiger partial charge >= 0.3 is 6.09 Å². The molecular weight excluding hydrogens is 317 g/mol. The molecule has 0 saturated carbocycles. The number of alkyl carbamates (subject to hydrolysis) is 1. The molecule has 1 heterocycles. The lowest BCUT2D eigenvalue weighted by Gasteiger charge is -2.15.